The molecule has 0 fully saturated rings. The van der Waals surface area contributed by atoms with Gasteiger partial charge in [0.1, 0.15) is 24.2 Å². The number of rotatable bonds is 8. The first-order valence-corrected chi connectivity index (χ1v) is 8.07. The van der Waals surface area contributed by atoms with E-state index in [-0.39, 0.29) is 12.2 Å². The van der Waals surface area contributed by atoms with E-state index in [0.29, 0.717) is 13.2 Å². The summed E-state index contributed by atoms with van der Waals surface area (Å²) in [5.74, 6) is 1.74. The van der Waals surface area contributed by atoms with Crippen LogP contribution in [-0.2, 0) is 4.74 Å². The molecule has 0 saturated heterocycles. The quantitative estimate of drug-likeness (QED) is 0.715. The van der Waals surface area contributed by atoms with E-state index in [1.54, 1.807) is 0 Å². The van der Waals surface area contributed by atoms with Crippen LogP contribution in [0.25, 0.3) is 0 Å². The molecule has 2 atom stereocenters. The smallest absolute Gasteiger partial charge is 0.119 e. The second-order valence-electron chi connectivity index (χ2n) is 6.01. The SMILES string of the molecule is Cc1ccc(OCC(C)OCC(C)Oc2ccc(C)cc2)cc1. The monoisotopic (exact) mass is 314 g/mol. The Bertz CT molecular complexity index is 575. The van der Waals surface area contributed by atoms with Gasteiger partial charge in [0.05, 0.1) is 12.7 Å². The zero-order valence-corrected chi connectivity index (χ0v) is 14.4. The molecule has 0 aliphatic heterocycles. The summed E-state index contributed by atoms with van der Waals surface area (Å²) in [5, 5.41) is 0. The summed E-state index contributed by atoms with van der Waals surface area (Å²) in [6.45, 7) is 9.20. The van der Waals surface area contributed by atoms with Gasteiger partial charge >= 0.3 is 0 Å². The van der Waals surface area contributed by atoms with E-state index < -0.39 is 0 Å². The fourth-order valence-corrected chi connectivity index (χ4v) is 2.08. The van der Waals surface area contributed by atoms with Crippen LogP contribution in [-0.4, -0.2) is 25.4 Å². The third-order valence-electron chi connectivity index (χ3n) is 3.48. The zero-order chi connectivity index (χ0) is 16.7. The highest BCUT2D eigenvalue weighted by Gasteiger charge is 2.09. The molecule has 2 rings (SSSR count). The average Bonchev–Trinajstić information content (AvgIpc) is 2.54. The van der Waals surface area contributed by atoms with Gasteiger partial charge in [-0.25, -0.2) is 0 Å². The van der Waals surface area contributed by atoms with Crippen LogP contribution in [0, 0.1) is 13.8 Å². The molecule has 124 valence electrons. The fourth-order valence-electron chi connectivity index (χ4n) is 2.08. The largest absolute Gasteiger partial charge is 0.491 e. The van der Waals surface area contributed by atoms with E-state index in [2.05, 4.69) is 13.8 Å². The molecular weight excluding hydrogens is 288 g/mol. The zero-order valence-electron chi connectivity index (χ0n) is 14.4. The molecule has 0 aliphatic carbocycles. The Labute approximate surface area is 139 Å². The summed E-state index contributed by atoms with van der Waals surface area (Å²) >= 11 is 0. The second kappa shape index (κ2) is 8.59. The van der Waals surface area contributed by atoms with Crippen molar-refractivity contribution in [2.45, 2.75) is 39.9 Å². The predicted molar refractivity (Wildman–Crippen MR) is 93.4 cm³/mol. The molecular formula is C20H26O3. The van der Waals surface area contributed by atoms with Gasteiger partial charge in [0.2, 0.25) is 0 Å². The summed E-state index contributed by atoms with van der Waals surface area (Å²) in [6, 6.07) is 16.1. The highest BCUT2D eigenvalue weighted by molar-refractivity contribution is 5.27. The van der Waals surface area contributed by atoms with E-state index in [1.807, 2.05) is 62.4 Å². The summed E-state index contributed by atoms with van der Waals surface area (Å²) in [4.78, 5) is 0. The molecule has 0 spiro atoms. The number of benzene rings is 2. The second-order valence-corrected chi connectivity index (χ2v) is 6.01. The van der Waals surface area contributed by atoms with Crippen LogP contribution in [0.5, 0.6) is 11.5 Å². The maximum Gasteiger partial charge on any atom is 0.119 e. The molecule has 0 aromatic heterocycles. The summed E-state index contributed by atoms with van der Waals surface area (Å²) in [5.41, 5.74) is 2.45. The van der Waals surface area contributed by atoms with Crippen molar-refractivity contribution < 1.29 is 14.2 Å². The number of aryl methyl sites for hydroxylation is 2. The van der Waals surface area contributed by atoms with Crippen LogP contribution in [0.15, 0.2) is 48.5 Å². The van der Waals surface area contributed by atoms with Crippen molar-refractivity contribution in [2.75, 3.05) is 13.2 Å². The average molecular weight is 314 g/mol. The Morgan fingerprint density at radius 1 is 0.696 bits per heavy atom. The molecule has 0 bridgehead atoms. The van der Waals surface area contributed by atoms with Crippen LogP contribution in [0.2, 0.25) is 0 Å². The minimum absolute atomic E-state index is 0.000434. The van der Waals surface area contributed by atoms with E-state index in [4.69, 9.17) is 14.2 Å². The maximum atomic E-state index is 5.83. The van der Waals surface area contributed by atoms with Gasteiger partial charge in [-0.1, -0.05) is 35.4 Å². The van der Waals surface area contributed by atoms with Crippen molar-refractivity contribution in [3.05, 3.63) is 59.7 Å². The maximum absolute atomic E-state index is 5.83. The molecule has 0 N–H and O–H groups in total. The van der Waals surface area contributed by atoms with Gasteiger partial charge in [0, 0.05) is 0 Å². The van der Waals surface area contributed by atoms with Crippen LogP contribution >= 0.6 is 0 Å². The molecule has 0 amide bonds. The first-order valence-electron chi connectivity index (χ1n) is 8.07. The molecule has 23 heavy (non-hydrogen) atoms. The summed E-state index contributed by atoms with van der Waals surface area (Å²) < 4.78 is 17.3. The lowest BCUT2D eigenvalue weighted by atomic mass is 10.2. The normalized spacial score (nSPS) is 13.4. The van der Waals surface area contributed by atoms with Crippen LogP contribution < -0.4 is 9.47 Å². The number of ether oxygens (including phenoxy) is 3. The van der Waals surface area contributed by atoms with Gasteiger partial charge in [-0.2, -0.15) is 0 Å². The first kappa shape index (κ1) is 17.4. The van der Waals surface area contributed by atoms with Crippen molar-refractivity contribution in [1.82, 2.24) is 0 Å². The molecule has 3 nitrogen and oxygen atoms in total. The van der Waals surface area contributed by atoms with E-state index in [1.165, 1.54) is 11.1 Å². The molecule has 0 aliphatic rings. The Hall–Kier alpha value is -2.00. The van der Waals surface area contributed by atoms with E-state index in [9.17, 15) is 0 Å². The van der Waals surface area contributed by atoms with Crippen molar-refractivity contribution in [2.24, 2.45) is 0 Å². The lowest BCUT2D eigenvalue weighted by Crippen LogP contribution is -2.26. The minimum atomic E-state index is -0.000434. The highest BCUT2D eigenvalue weighted by atomic mass is 16.6. The molecule has 3 heteroatoms. The molecule has 0 heterocycles. The Kier molecular flexibility index (Phi) is 6.48. The van der Waals surface area contributed by atoms with Gasteiger partial charge in [0.25, 0.3) is 0 Å². The van der Waals surface area contributed by atoms with Crippen molar-refractivity contribution in [3.63, 3.8) is 0 Å². The number of hydrogen-bond acceptors (Lipinski definition) is 3. The topological polar surface area (TPSA) is 27.7 Å². The lowest BCUT2D eigenvalue weighted by Gasteiger charge is -2.19. The first-order chi connectivity index (χ1) is 11.0. The fraction of sp³-hybridized carbons (Fsp3) is 0.400. The van der Waals surface area contributed by atoms with Gasteiger partial charge in [-0.15, -0.1) is 0 Å². The summed E-state index contributed by atoms with van der Waals surface area (Å²) in [6.07, 6.45) is 0.0138. The third-order valence-corrected chi connectivity index (χ3v) is 3.48. The van der Waals surface area contributed by atoms with Crippen molar-refractivity contribution >= 4 is 0 Å². The Morgan fingerprint density at radius 3 is 1.78 bits per heavy atom. The van der Waals surface area contributed by atoms with Crippen LogP contribution in [0.4, 0.5) is 0 Å². The molecule has 2 unspecified atom stereocenters. The van der Waals surface area contributed by atoms with Crippen LogP contribution in [0.1, 0.15) is 25.0 Å². The Morgan fingerprint density at radius 2 is 1.22 bits per heavy atom. The van der Waals surface area contributed by atoms with Gasteiger partial charge < -0.3 is 14.2 Å². The molecule has 2 aromatic rings. The van der Waals surface area contributed by atoms with Crippen LogP contribution in [0.3, 0.4) is 0 Å². The summed E-state index contributed by atoms with van der Waals surface area (Å²) in [7, 11) is 0. The highest BCUT2D eigenvalue weighted by Crippen LogP contribution is 2.14. The van der Waals surface area contributed by atoms with Crippen molar-refractivity contribution in [1.29, 1.82) is 0 Å². The predicted octanol–water partition coefficient (Wildman–Crippen LogP) is 4.55. The molecule has 0 radical (unpaired) electrons. The van der Waals surface area contributed by atoms with Gasteiger partial charge in [-0.05, 0) is 52.0 Å². The molecule has 2 aromatic carbocycles. The molecule has 0 saturated carbocycles. The lowest BCUT2D eigenvalue weighted by molar-refractivity contribution is -0.00605. The Balaban J connectivity index is 1.67. The third kappa shape index (κ3) is 6.33. The van der Waals surface area contributed by atoms with Gasteiger partial charge in [-0.3, -0.25) is 0 Å². The van der Waals surface area contributed by atoms with Gasteiger partial charge in [0.15, 0.2) is 0 Å². The standard InChI is InChI=1S/C20H26O3/c1-15-5-9-19(10-6-15)22-13-17(3)21-14-18(4)23-20-11-7-16(2)8-12-20/h5-12,17-18H,13-14H2,1-4H3. The van der Waals surface area contributed by atoms with Crippen molar-refractivity contribution in [3.8, 4) is 11.5 Å². The van der Waals surface area contributed by atoms with E-state index >= 15 is 0 Å². The van der Waals surface area contributed by atoms with E-state index in [0.717, 1.165) is 11.5 Å². The number of hydrogen-bond donors (Lipinski definition) is 0. The minimum Gasteiger partial charge on any atom is -0.491 e.